The molecule has 0 spiro atoms. The first-order chi connectivity index (χ1) is 10.2. The van der Waals surface area contributed by atoms with Crippen molar-refractivity contribution in [2.24, 2.45) is 5.92 Å². The van der Waals surface area contributed by atoms with Crippen LogP contribution >= 0.6 is 15.9 Å². The van der Waals surface area contributed by atoms with E-state index in [0.29, 0.717) is 5.92 Å². The van der Waals surface area contributed by atoms with Gasteiger partial charge in [0.2, 0.25) is 0 Å². The summed E-state index contributed by atoms with van der Waals surface area (Å²) in [6.45, 7) is 12.2. The van der Waals surface area contributed by atoms with Gasteiger partial charge in [-0.15, -0.1) is 0 Å². The van der Waals surface area contributed by atoms with E-state index < -0.39 is 5.60 Å². The Kier molecular flexibility index (Phi) is 5.20. The van der Waals surface area contributed by atoms with Gasteiger partial charge < -0.3 is 9.64 Å². The van der Waals surface area contributed by atoms with Gasteiger partial charge in [-0.3, -0.25) is 4.68 Å². The molecule has 2 heterocycles. The second-order valence-corrected chi connectivity index (χ2v) is 7.87. The average Bonchev–Trinajstić information content (AvgIpc) is 2.65. The van der Waals surface area contributed by atoms with Gasteiger partial charge in [0, 0.05) is 25.3 Å². The van der Waals surface area contributed by atoms with E-state index in [-0.39, 0.29) is 6.09 Å². The van der Waals surface area contributed by atoms with Crippen LogP contribution in [0.4, 0.5) is 4.79 Å². The highest BCUT2D eigenvalue weighted by Crippen LogP contribution is 2.24. The van der Waals surface area contributed by atoms with E-state index in [1.54, 1.807) is 0 Å². The molecule has 124 valence electrons. The first kappa shape index (κ1) is 17.3. The predicted molar refractivity (Wildman–Crippen MR) is 89.9 cm³/mol. The Morgan fingerprint density at radius 2 is 1.91 bits per heavy atom. The van der Waals surface area contributed by atoms with Crippen LogP contribution in [-0.4, -0.2) is 39.5 Å². The van der Waals surface area contributed by atoms with Crippen molar-refractivity contribution in [2.75, 3.05) is 13.1 Å². The highest BCUT2D eigenvalue weighted by molar-refractivity contribution is 9.10. The van der Waals surface area contributed by atoms with Crippen molar-refractivity contribution >= 4 is 22.0 Å². The smallest absolute Gasteiger partial charge is 0.410 e. The first-order valence-corrected chi connectivity index (χ1v) is 8.64. The van der Waals surface area contributed by atoms with E-state index >= 15 is 0 Å². The zero-order chi connectivity index (χ0) is 16.5. The fourth-order valence-corrected chi connectivity index (χ4v) is 3.01. The van der Waals surface area contributed by atoms with Crippen LogP contribution in [-0.2, 0) is 11.3 Å². The lowest BCUT2D eigenvalue weighted by Gasteiger charge is -2.33. The van der Waals surface area contributed by atoms with Gasteiger partial charge in [0.1, 0.15) is 5.60 Å². The van der Waals surface area contributed by atoms with Crippen LogP contribution in [0.5, 0.6) is 0 Å². The van der Waals surface area contributed by atoms with Gasteiger partial charge in [0.25, 0.3) is 0 Å². The summed E-state index contributed by atoms with van der Waals surface area (Å²) >= 11 is 3.57. The third kappa shape index (κ3) is 4.24. The van der Waals surface area contributed by atoms with Crippen LogP contribution in [0, 0.1) is 19.8 Å². The number of ether oxygens (including phenoxy) is 1. The molecular formula is C16H26BrN3O2. The zero-order valence-electron chi connectivity index (χ0n) is 14.1. The molecule has 0 unspecified atom stereocenters. The topological polar surface area (TPSA) is 47.4 Å². The Morgan fingerprint density at radius 3 is 2.36 bits per heavy atom. The Balaban J connectivity index is 1.87. The van der Waals surface area contributed by atoms with Crippen molar-refractivity contribution in [3.05, 3.63) is 15.9 Å². The van der Waals surface area contributed by atoms with Gasteiger partial charge >= 0.3 is 6.09 Å². The molecule has 5 nitrogen and oxygen atoms in total. The predicted octanol–water partition coefficient (Wildman–Crippen LogP) is 3.91. The lowest BCUT2D eigenvalue weighted by Crippen LogP contribution is -2.42. The number of halogens is 1. The number of hydrogen-bond donors (Lipinski definition) is 0. The van der Waals surface area contributed by atoms with E-state index in [9.17, 15) is 4.79 Å². The number of nitrogens with zero attached hydrogens (tertiary/aromatic N) is 3. The Hall–Kier alpha value is -1.04. The normalized spacial score (nSPS) is 16.9. The number of hydrogen-bond acceptors (Lipinski definition) is 3. The largest absolute Gasteiger partial charge is 0.444 e. The quantitative estimate of drug-likeness (QED) is 0.791. The third-order valence-corrected chi connectivity index (χ3v) is 5.14. The minimum atomic E-state index is -0.427. The molecule has 0 aliphatic carbocycles. The molecule has 0 radical (unpaired) electrons. The highest BCUT2D eigenvalue weighted by Gasteiger charge is 2.27. The molecular weight excluding hydrogens is 346 g/mol. The van der Waals surface area contributed by atoms with E-state index in [1.807, 2.05) is 32.6 Å². The van der Waals surface area contributed by atoms with Crippen molar-refractivity contribution in [1.29, 1.82) is 0 Å². The molecule has 1 aromatic heterocycles. The summed E-state index contributed by atoms with van der Waals surface area (Å²) in [7, 11) is 0. The third-order valence-electron chi connectivity index (χ3n) is 3.99. The van der Waals surface area contributed by atoms with Gasteiger partial charge in [0.05, 0.1) is 10.2 Å². The second kappa shape index (κ2) is 6.60. The van der Waals surface area contributed by atoms with Gasteiger partial charge in [-0.1, -0.05) is 0 Å². The van der Waals surface area contributed by atoms with Crippen LogP contribution in [0.1, 0.15) is 45.0 Å². The molecule has 2 rings (SSSR count). The standard InChI is InChI=1S/C16H26BrN3O2/c1-11-14(17)12(2)20(18-11)10-13-6-8-19(9-7-13)15(21)22-16(3,4)5/h13H,6-10H2,1-5H3. The van der Waals surface area contributed by atoms with Crippen LogP contribution in [0.15, 0.2) is 4.47 Å². The summed E-state index contributed by atoms with van der Waals surface area (Å²) in [5, 5.41) is 4.57. The summed E-state index contributed by atoms with van der Waals surface area (Å²) < 4.78 is 8.60. The van der Waals surface area contributed by atoms with E-state index in [4.69, 9.17) is 4.74 Å². The molecule has 1 saturated heterocycles. The Morgan fingerprint density at radius 1 is 1.32 bits per heavy atom. The van der Waals surface area contributed by atoms with Crippen molar-refractivity contribution in [1.82, 2.24) is 14.7 Å². The molecule has 0 aromatic carbocycles. The molecule has 1 aliphatic heterocycles. The van der Waals surface area contributed by atoms with Gasteiger partial charge in [-0.2, -0.15) is 5.10 Å². The number of piperidine rings is 1. The fraction of sp³-hybridized carbons (Fsp3) is 0.750. The maximum Gasteiger partial charge on any atom is 0.410 e. The molecule has 6 heteroatoms. The summed E-state index contributed by atoms with van der Waals surface area (Å²) in [5.74, 6) is 0.559. The molecule has 0 N–H and O–H groups in total. The summed E-state index contributed by atoms with van der Waals surface area (Å²) in [5.41, 5.74) is 1.78. The van der Waals surface area contributed by atoms with Crippen LogP contribution in [0.25, 0.3) is 0 Å². The number of aryl methyl sites for hydroxylation is 1. The molecule has 1 fully saturated rings. The van der Waals surface area contributed by atoms with E-state index in [1.165, 1.54) is 5.69 Å². The summed E-state index contributed by atoms with van der Waals surface area (Å²) in [4.78, 5) is 13.9. The molecule has 22 heavy (non-hydrogen) atoms. The van der Waals surface area contributed by atoms with Crippen molar-refractivity contribution in [2.45, 2.75) is 59.6 Å². The number of carbonyl (C=O) groups excluding carboxylic acids is 1. The fourth-order valence-electron chi connectivity index (χ4n) is 2.72. The monoisotopic (exact) mass is 371 g/mol. The first-order valence-electron chi connectivity index (χ1n) is 7.85. The van der Waals surface area contributed by atoms with Crippen molar-refractivity contribution in [3.63, 3.8) is 0 Å². The van der Waals surface area contributed by atoms with Gasteiger partial charge in [-0.25, -0.2) is 4.79 Å². The number of aromatic nitrogens is 2. The molecule has 0 saturated carbocycles. The number of amides is 1. The molecule has 0 bridgehead atoms. The SMILES string of the molecule is Cc1nn(CC2CCN(C(=O)OC(C)(C)C)CC2)c(C)c1Br. The lowest BCUT2D eigenvalue weighted by molar-refractivity contribution is 0.0177. The molecule has 1 aliphatic rings. The summed E-state index contributed by atoms with van der Waals surface area (Å²) in [6.07, 6.45) is 1.80. The number of carbonyl (C=O) groups is 1. The minimum absolute atomic E-state index is 0.195. The van der Waals surface area contributed by atoms with Crippen LogP contribution < -0.4 is 0 Å². The molecule has 1 aromatic rings. The highest BCUT2D eigenvalue weighted by atomic mass is 79.9. The van der Waals surface area contributed by atoms with Crippen LogP contribution in [0.2, 0.25) is 0 Å². The van der Waals surface area contributed by atoms with Crippen LogP contribution in [0.3, 0.4) is 0 Å². The number of likely N-dealkylation sites (tertiary alicyclic amines) is 1. The molecule has 1 amide bonds. The van der Waals surface area contributed by atoms with E-state index in [0.717, 1.165) is 42.6 Å². The maximum absolute atomic E-state index is 12.1. The Labute approximate surface area is 141 Å². The van der Waals surface area contributed by atoms with Gasteiger partial charge in [0.15, 0.2) is 0 Å². The maximum atomic E-state index is 12.1. The minimum Gasteiger partial charge on any atom is -0.444 e. The number of rotatable bonds is 2. The molecule has 0 atom stereocenters. The zero-order valence-corrected chi connectivity index (χ0v) is 15.7. The van der Waals surface area contributed by atoms with Crippen molar-refractivity contribution < 1.29 is 9.53 Å². The average molecular weight is 372 g/mol. The lowest BCUT2D eigenvalue weighted by atomic mass is 9.97. The second-order valence-electron chi connectivity index (χ2n) is 7.08. The Bertz CT molecular complexity index is 540. The van der Waals surface area contributed by atoms with Gasteiger partial charge in [-0.05, 0) is 69.3 Å². The van der Waals surface area contributed by atoms with E-state index in [2.05, 4.69) is 32.6 Å². The van der Waals surface area contributed by atoms with Crippen molar-refractivity contribution in [3.8, 4) is 0 Å². The summed E-state index contributed by atoms with van der Waals surface area (Å²) in [6, 6.07) is 0.